The van der Waals surface area contributed by atoms with Crippen molar-refractivity contribution in [3.63, 3.8) is 0 Å². The van der Waals surface area contributed by atoms with Crippen LogP contribution in [-0.4, -0.2) is 35.5 Å². The molecular formula is C8H17NO2. The van der Waals surface area contributed by atoms with Crippen molar-refractivity contribution in [2.24, 2.45) is 5.92 Å². The van der Waals surface area contributed by atoms with Gasteiger partial charge < -0.3 is 15.5 Å². The molecule has 0 radical (unpaired) electrons. The first-order valence-corrected chi connectivity index (χ1v) is 4.27. The van der Waals surface area contributed by atoms with E-state index in [4.69, 9.17) is 5.11 Å². The molecule has 2 unspecified atom stereocenters. The van der Waals surface area contributed by atoms with E-state index < -0.39 is 0 Å². The highest BCUT2D eigenvalue weighted by molar-refractivity contribution is 4.82. The van der Waals surface area contributed by atoms with Crippen LogP contribution in [0.2, 0.25) is 0 Å². The van der Waals surface area contributed by atoms with E-state index in [1.165, 1.54) is 0 Å². The van der Waals surface area contributed by atoms with Crippen molar-refractivity contribution in [3.05, 3.63) is 0 Å². The van der Waals surface area contributed by atoms with Crippen molar-refractivity contribution in [3.8, 4) is 0 Å². The first-order chi connectivity index (χ1) is 5.20. The van der Waals surface area contributed by atoms with Gasteiger partial charge in [-0.2, -0.15) is 0 Å². The largest absolute Gasteiger partial charge is 0.392 e. The average molecular weight is 159 g/mol. The maximum absolute atomic E-state index is 9.36. The third kappa shape index (κ3) is 3.70. The summed E-state index contributed by atoms with van der Waals surface area (Å²) in [6.07, 6.45) is 1.81. The lowest BCUT2D eigenvalue weighted by Gasteiger charge is -2.11. The molecule has 1 rings (SSSR count). The molecule has 3 nitrogen and oxygen atoms in total. The minimum absolute atomic E-state index is 0.200. The molecule has 0 aliphatic heterocycles. The van der Waals surface area contributed by atoms with Crippen LogP contribution >= 0.6 is 0 Å². The second-order valence-electron chi connectivity index (χ2n) is 3.41. The Kier molecular flexibility index (Phi) is 3.30. The monoisotopic (exact) mass is 159 g/mol. The molecule has 2 atom stereocenters. The van der Waals surface area contributed by atoms with E-state index in [1.807, 2.05) is 0 Å². The predicted molar refractivity (Wildman–Crippen MR) is 43.3 cm³/mol. The molecule has 0 aromatic rings. The van der Waals surface area contributed by atoms with Crippen molar-refractivity contribution in [1.82, 2.24) is 5.32 Å². The van der Waals surface area contributed by atoms with Crippen LogP contribution < -0.4 is 5.32 Å². The number of nitrogens with one attached hydrogen (secondary N) is 1. The van der Waals surface area contributed by atoms with Crippen molar-refractivity contribution >= 4 is 0 Å². The van der Waals surface area contributed by atoms with Gasteiger partial charge in [0.25, 0.3) is 0 Å². The van der Waals surface area contributed by atoms with Gasteiger partial charge >= 0.3 is 0 Å². The zero-order valence-electron chi connectivity index (χ0n) is 6.95. The van der Waals surface area contributed by atoms with E-state index >= 15 is 0 Å². The summed E-state index contributed by atoms with van der Waals surface area (Å²) in [5.74, 6) is 0.525. The Morgan fingerprint density at radius 3 is 2.45 bits per heavy atom. The normalized spacial score (nSPS) is 23.2. The van der Waals surface area contributed by atoms with Crippen LogP contribution in [-0.2, 0) is 0 Å². The van der Waals surface area contributed by atoms with Gasteiger partial charge in [-0.1, -0.05) is 0 Å². The molecule has 0 aromatic heterocycles. The first-order valence-electron chi connectivity index (χ1n) is 4.27. The molecule has 66 valence electrons. The van der Waals surface area contributed by atoms with Gasteiger partial charge in [-0.3, -0.25) is 0 Å². The molecule has 0 spiro atoms. The fraction of sp³-hybridized carbons (Fsp3) is 1.00. The van der Waals surface area contributed by atoms with E-state index in [0.717, 1.165) is 12.8 Å². The highest BCUT2D eigenvalue weighted by Crippen LogP contribution is 2.32. The van der Waals surface area contributed by atoms with Gasteiger partial charge in [-0.15, -0.1) is 0 Å². The highest BCUT2D eigenvalue weighted by atomic mass is 16.3. The lowest BCUT2D eigenvalue weighted by atomic mass is 10.2. The lowest BCUT2D eigenvalue weighted by Crippen LogP contribution is -2.32. The third-order valence-corrected chi connectivity index (χ3v) is 1.96. The van der Waals surface area contributed by atoms with Crippen LogP contribution in [0.15, 0.2) is 0 Å². The SMILES string of the molecule is CC(O)CNCC(O)C1CC1. The van der Waals surface area contributed by atoms with Gasteiger partial charge in [0.15, 0.2) is 0 Å². The fourth-order valence-corrected chi connectivity index (χ4v) is 1.09. The molecule has 1 saturated carbocycles. The summed E-state index contributed by atoms with van der Waals surface area (Å²) in [6, 6.07) is 0. The topological polar surface area (TPSA) is 52.5 Å². The molecule has 0 heterocycles. The smallest absolute Gasteiger partial charge is 0.0692 e. The van der Waals surface area contributed by atoms with E-state index in [2.05, 4.69) is 5.32 Å². The van der Waals surface area contributed by atoms with Crippen molar-refractivity contribution in [2.75, 3.05) is 13.1 Å². The van der Waals surface area contributed by atoms with Crippen molar-refractivity contribution in [1.29, 1.82) is 0 Å². The molecular weight excluding hydrogens is 142 g/mol. The summed E-state index contributed by atoms with van der Waals surface area (Å²) in [5, 5.41) is 21.2. The second kappa shape index (κ2) is 4.04. The zero-order chi connectivity index (χ0) is 8.27. The maximum atomic E-state index is 9.36. The Morgan fingerprint density at radius 2 is 2.00 bits per heavy atom. The van der Waals surface area contributed by atoms with Crippen molar-refractivity contribution in [2.45, 2.75) is 32.0 Å². The lowest BCUT2D eigenvalue weighted by molar-refractivity contribution is 0.137. The molecule has 11 heavy (non-hydrogen) atoms. The average Bonchev–Trinajstić information content (AvgIpc) is 2.66. The Balaban J connectivity index is 1.93. The molecule has 3 heteroatoms. The Labute approximate surface area is 67.4 Å². The van der Waals surface area contributed by atoms with Crippen molar-refractivity contribution < 1.29 is 10.2 Å². The number of aliphatic hydroxyl groups excluding tert-OH is 2. The fourth-order valence-electron chi connectivity index (χ4n) is 1.09. The van der Waals surface area contributed by atoms with E-state index in [-0.39, 0.29) is 12.2 Å². The summed E-state index contributed by atoms with van der Waals surface area (Å²) >= 11 is 0. The number of aliphatic hydroxyl groups is 2. The quantitative estimate of drug-likeness (QED) is 0.517. The summed E-state index contributed by atoms with van der Waals surface area (Å²) in [7, 11) is 0. The van der Waals surface area contributed by atoms with Gasteiger partial charge in [0.2, 0.25) is 0 Å². The van der Waals surface area contributed by atoms with Gasteiger partial charge in [0, 0.05) is 13.1 Å². The number of hydrogen-bond donors (Lipinski definition) is 3. The van der Waals surface area contributed by atoms with Crippen LogP contribution in [0.3, 0.4) is 0 Å². The molecule has 1 aliphatic rings. The maximum Gasteiger partial charge on any atom is 0.0692 e. The van der Waals surface area contributed by atoms with Crippen LogP contribution in [0.25, 0.3) is 0 Å². The minimum atomic E-state index is -0.318. The van der Waals surface area contributed by atoms with Gasteiger partial charge in [-0.05, 0) is 25.7 Å². The number of rotatable bonds is 5. The predicted octanol–water partition coefficient (Wildman–Crippen LogP) is -0.272. The molecule has 0 amide bonds. The standard InChI is InChI=1S/C8H17NO2/c1-6(10)4-9-5-8(11)7-2-3-7/h6-11H,2-5H2,1H3. The molecule has 3 N–H and O–H groups in total. The summed E-state index contributed by atoms with van der Waals surface area (Å²) in [6.45, 7) is 2.93. The molecule has 0 aromatic carbocycles. The van der Waals surface area contributed by atoms with Crippen LogP contribution in [0.1, 0.15) is 19.8 Å². The second-order valence-corrected chi connectivity index (χ2v) is 3.41. The molecule has 0 saturated heterocycles. The Bertz CT molecular complexity index is 113. The van der Waals surface area contributed by atoms with E-state index in [0.29, 0.717) is 19.0 Å². The zero-order valence-corrected chi connectivity index (χ0v) is 6.95. The van der Waals surface area contributed by atoms with Gasteiger partial charge in [-0.25, -0.2) is 0 Å². The highest BCUT2D eigenvalue weighted by Gasteiger charge is 2.28. The summed E-state index contributed by atoms with van der Waals surface area (Å²) < 4.78 is 0. The summed E-state index contributed by atoms with van der Waals surface area (Å²) in [4.78, 5) is 0. The molecule has 1 fully saturated rings. The minimum Gasteiger partial charge on any atom is -0.392 e. The van der Waals surface area contributed by atoms with E-state index in [9.17, 15) is 5.11 Å². The molecule has 0 bridgehead atoms. The van der Waals surface area contributed by atoms with Crippen LogP contribution in [0, 0.1) is 5.92 Å². The Hall–Kier alpha value is -0.120. The van der Waals surface area contributed by atoms with Gasteiger partial charge in [0.1, 0.15) is 0 Å². The van der Waals surface area contributed by atoms with Crippen LogP contribution in [0.4, 0.5) is 0 Å². The number of hydrogen-bond acceptors (Lipinski definition) is 3. The van der Waals surface area contributed by atoms with E-state index in [1.54, 1.807) is 6.92 Å². The molecule has 1 aliphatic carbocycles. The van der Waals surface area contributed by atoms with Gasteiger partial charge in [0.05, 0.1) is 12.2 Å². The van der Waals surface area contributed by atoms with Crippen LogP contribution in [0.5, 0.6) is 0 Å². The Morgan fingerprint density at radius 1 is 1.36 bits per heavy atom. The first kappa shape index (κ1) is 8.97. The third-order valence-electron chi connectivity index (χ3n) is 1.96. The summed E-state index contributed by atoms with van der Waals surface area (Å²) in [5.41, 5.74) is 0.